The van der Waals surface area contributed by atoms with E-state index in [0.29, 0.717) is 13.0 Å². The SMILES string of the molecule is COC(=O)N1CCC[C@]1(C)C(=O)OC. The number of amides is 1. The van der Waals surface area contributed by atoms with Gasteiger partial charge in [0.15, 0.2) is 0 Å². The molecule has 1 fully saturated rings. The molecule has 0 aromatic rings. The molecular weight excluding hydrogens is 186 g/mol. The van der Waals surface area contributed by atoms with Crippen LogP contribution in [0.3, 0.4) is 0 Å². The quantitative estimate of drug-likeness (QED) is 0.588. The number of ether oxygens (including phenoxy) is 2. The lowest BCUT2D eigenvalue weighted by Gasteiger charge is -2.30. The average molecular weight is 201 g/mol. The van der Waals surface area contributed by atoms with Gasteiger partial charge in [-0.1, -0.05) is 0 Å². The summed E-state index contributed by atoms with van der Waals surface area (Å²) in [5, 5.41) is 0. The van der Waals surface area contributed by atoms with Crippen molar-refractivity contribution in [1.82, 2.24) is 4.90 Å². The first-order chi connectivity index (χ1) is 6.56. The summed E-state index contributed by atoms with van der Waals surface area (Å²) in [4.78, 5) is 24.3. The summed E-state index contributed by atoms with van der Waals surface area (Å²) < 4.78 is 9.28. The van der Waals surface area contributed by atoms with Gasteiger partial charge in [-0.3, -0.25) is 4.90 Å². The van der Waals surface area contributed by atoms with Crippen molar-refractivity contribution in [3.05, 3.63) is 0 Å². The van der Waals surface area contributed by atoms with Gasteiger partial charge in [-0.2, -0.15) is 0 Å². The van der Waals surface area contributed by atoms with Gasteiger partial charge >= 0.3 is 12.1 Å². The first-order valence-electron chi connectivity index (χ1n) is 4.50. The minimum Gasteiger partial charge on any atom is -0.467 e. The summed E-state index contributed by atoms with van der Waals surface area (Å²) >= 11 is 0. The Morgan fingerprint density at radius 1 is 1.29 bits per heavy atom. The molecule has 0 aromatic carbocycles. The van der Waals surface area contributed by atoms with Gasteiger partial charge in [0, 0.05) is 6.54 Å². The number of hydrogen-bond donors (Lipinski definition) is 0. The summed E-state index contributed by atoms with van der Waals surface area (Å²) in [5.41, 5.74) is -0.859. The van der Waals surface area contributed by atoms with Crippen LogP contribution >= 0.6 is 0 Å². The maximum absolute atomic E-state index is 11.5. The van der Waals surface area contributed by atoms with E-state index in [1.807, 2.05) is 0 Å². The minimum absolute atomic E-state index is 0.389. The van der Waals surface area contributed by atoms with Crippen molar-refractivity contribution in [1.29, 1.82) is 0 Å². The van der Waals surface area contributed by atoms with E-state index in [1.165, 1.54) is 19.1 Å². The highest BCUT2D eigenvalue weighted by Gasteiger charge is 2.47. The highest BCUT2D eigenvalue weighted by atomic mass is 16.5. The van der Waals surface area contributed by atoms with Gasteiger partial charge < -0.3 is 9.47 Å². The maximum atomic E-state index is 11.5. The number of methoxy groups -OCH3 is 2. The predicted molar refractivity (Wildman–Crippen MR) is 48.8 cm³/mol. The van der Waals surface area contributed by atoms with Crippen molar-refractivity contribution in [2.24, 2.45) is 0 Å². The number of esters is 1. The monoisotopic (exact) mass is 201 g/mol. The van der Waals surface area contributed by atoms with Crippen LogP contribution in [0.1, 0.15) is 19.8 Å². The average Bonchev–Trinajstić information content (AvgIpc) is 2.59. The van der Waals surface area contributed by atoms with Gasteiger partial charge in [0.2, 0.25) is 0 Å². The van der Waals surface area contributed by atoms with E-state index in [2.05, 4.69) is 9.47 Å². The fraction of sp³-hybridized carbons (Fsp3) is 0.778. The largest absolute Gasteiger partial charge is 0.467 e. The maximum Gasteiger partial charge on any atom is 0.410 e. The molecule has 0 N–H and O–H groups in total. The molecule has 14 heavy (non-hydrogen) atoms. The predicted octanol–water partition coefficient (Wildman–Crippen LogP) is 0.780. The zero-order valence-electron chi connectivity index (χ0n) is 8.70. The second-order valence-corrected chi connectivity index (χ2v) is 3.49. The Hall–Kier alpha value is -1.26. The first-order valence-corrected chi connectivity index (χ1v) is 4.50. The van der Waals surface area contributed by atoms with Crippen LogP contribution in [0.2, 0.25) is 0 Å². The zero-order valence-corrected chi connectivity index (χ0v) is 8.70. The molecular formula is C9H15NO4. The van der Waals surface area contributed by atoms with Crippen LogP contribution in [-0.4, -0.2) is 43.3 Å². The number of likely N-dealkylation sites (tertiary alicyclic amines) is 1. The molecule has 1 amide bonds. The van der Waals surface area contributed by atoms with Crippen molar-refractivity contribution in [2.75, 3.05) is 20.8 Å². The third-order valence-electron chi connectivity index (χ3n) is 2.66. The molecule has 80 valence electrons. The third kappa shape index (κ3) is 1.54. The van der Waals surface area contributed by atoms with E-state index in [-0.39, 0.29) is 5.97 Å². The highest BCUT2D eigenvalue weighted by Crippen LogP contribution is 2.30. The molecule has 1 rings (SSSR count). The van der Waals surface area contributed by atoms with Gasteiger partial charge in [0.1, 0.15) is 5.54 Å². The van der Waals surface area contributed by atoms with E-state index < -0.39 is 11.6 Å². The van der Waals surface area contributed by atoms with Gasteiger partial charge in [-0.25, -0.2) is 9.59 Å². The first kappa shape index (κ1) is 10.8. The summed E-state index contributed by atoms with van der Waals surface area (Å²) in [7, 11) is 2.62. The fourth-order valence-corrected chi connectivity index (χ4v) is 1.80. The number of rotatable bonds is 1. The second kappa shape index (κ2) is 3.86. The smallest absolute Gasteiger partial charge is 0.410 e. The number of carbonyl (C=O) groups excluding carboxylic acids is 2. The van der Waals surface area contributed by atoms with Crippen molar-refractivity contribution < 1.29 is 19.1 Å². The van der Waals surface area contributed by atoms with Crippen LogP contribution in [0.5, 0.6) is 0 Å². The molecule has 0 radical (unpaired) electrons. The Morgan fingerprint density at radius 3 is 2.43 bits per heavy atom. The molecule has 1 aliphatic rings. The molecule has 1 heterocycles. The van der Waals surface area contributed by atoms with Gasteiger partial charge in [-0.15, -0.1) is 0 Å². The minimum atomic E-state index is -0.859. The third-order valence-corrected chi connectivity index (χ3v) is 2.66. The Morgan fingerprint density at radius 2 is 1.93 bits per heavy atom. The van der Waals surface area contributed by atoms with Crippen LogP contribution < -0.4 is 0 Å². The molecule has 1 saturated heterocycles. The number of hydrogen-bond acceptors (Lipinski definition) is 4. The second-order valence-electron chi connectivity index (χ2n) is 3.49. The molecule has 0 unspecified atom stereocenters. The number of carbonyl (C=O) groups is 2. The van der Waals surface area contributed by atoms with E-state index in [0.717, 1.165) is 6.42 Å². The van der Waals surface area contributed by atoms with E-state index in [9.17, 15) is 9.59 Å². The molecule has 1 atom stereocenters. The normalized spacial score (nSPS) is 26.1. The molecule has 0 spiro atoms. The molecule has 0 bridgehead atoms. The summed E-state index contributed by atoms with van der Waals surface area (Å²) in [6.07, 6.45) is 0.936. The lowest BCUT2D eigenvalue weighted by Crippen LogP contribution is -2.51. The van der Waals surface area contributed by atoms with Crippen LogP contribution in [0.15, 0.2) is 0 Å². The van der Waals surface area contributed by atoms with Crippen molar-refractivity contribution in [3.8, 4) is 0 Å². The molecule has 0 aliphatic carbocycles. The molecule has 5 nitrogen and oxygen atoms in total. The Bertz CT molecular complexity index is 253. The summed E-state index contributed by atoms with van der Waals surface area (Å²) in [5.74, 6) is -0.389. The van der Waals surface area contributed by atoms with Crippen LogP contribution in [-0.2, 0) is 14.3 Å². The van der Waals surface area contributed by atoms with Crippen LogP contribution in [0, 0.1) is 0 Å². The molecule has 0 saturated carbocycles. The van der Waals surface area contributed by atoms with Crippen LogP contribution in [0.25, 0.3) is 0 Å². The summed E-state index contributed by atoms with van der Waals surface area (Å²) in [6, 6.07) is 0. The Labute approximate surface area is 83.0 Å². The van der Waals surface area contributed by atoms with Crippen LogP contribution in [0.4, 0.5) is 4.79 Å². The zero-order chi connectivity index (χ0) is 10.8. The van der Waals surface area contributed by atoms with E-state index in [4.69, 9.17) is 0 Å². The molecule has 1 aliphatic heterocycles. The lowest BCUT2D eigenvalue weighted by molar-refractivity contribution is -0.151. The van der Waals surface area contributed by atoms with E-state index >= 15 is 0 Å². The van der Waals surface area contributed by atoms with E-state index in [1.54, 1.807) is 6.92 Å². The fourth-order valence-electron chi connectivity index (χ4n) is 1.80. The Kier molecular flexibility index (Phi) is 2.98. The summed E-state index contributed by atoms with van der Waals surface area (Å²) in [6.45, 7) is 2.24. The van der Waals surface area contributed by atoms with Gasteiger partial charge in [0.05, 0.1) is 14.2 Å². The lowest BCUT2D eigenvalue weighted by atomic mass is 10.00. The van der Waals surface area contributed by atoms with Crippen molar-refractivity contribution in [3.63, 3.8) is 0 Å². The molecule has 5 heteroatoms. The molecule has 0 aromatic heterocycles. The topological polar surface area (TPSA) is 55.8 Å². The van der Waals surface area contributed by atoms with Crippen molar-refractivity contribution in [2.45, 2.75) is 25.3 Å². The highest BCUT2D eigenvalue weighted by molar-refractivity contribution is 5.85. The Balaban J connectivity index is 2.86. The van der Waals surface area contributed by atoms with Gasteiger partial charge in [0.25, 0.3) is 0 Å². The number of nitrogens with zero attached hydrogens (tertiary/aromatic N) is 1. The van der Waals surface area contributed by atoms with Crippen molar-refractivity contribution >= 4 is 12.1 Å². The van der Waals surface area contributed by atoms with Gasteiger partial charge in [-0.05, 0) is 19.8 Å². The standard InChI is InChI=1S/C9H15NO4/c1-9(7(11)13-2)5-4-6-10(9)8(12)14-3/h4-6H2,1-3H3/t9-/m1/s1.